The van der Waals surface area contributed by atoms with Crippen LogP contribution in [-0.2, 0) is 0 Å². The van der Waals surface area contributed by atoms with E-state index in [0.717, 1.165) is 5.39 Å². The number of hydrogen-bond acceptors (Lipinski definition) is 5. The Balaban J connectivity index is 1.72. The SMILES string of the molecule is C[C@@H](Nc1ncnc2oc(-c3ccccc3O)cc12)c1ccccc1. The smallest absolute Gasteiger partial charge is 0.231 e. The number of furan rings is 1. The highest BCUT2D eigenvalue weighted by molar-refractivity contribution is 5.90. The summed E-state index contributed by atoms with van der Waals surface area (Å²) in [5.74, 6) is 1.43. The predicted molar refractivity (Wildman–Crippen MR) is 97.4 cm³/mol. The molecule has 0 amide bonds. The number of nitrogens with one attached hydrogen (secondary N) is 1. The van der Waals surface area contributed by atoms with Gasteiger partial charge in [-0.25, -0.2) is 9.97 Å². The summed E-state index contributed by atoms with van der Waals surface area (Å²) in [6.07, 6.45) is 1.47. The molecule has 2 aromatic carbocycles. The van der Waals surface area contributed by atoms with Crippen LogP contribution in [0.2, 0.25) is 0 Å². The summed E-state index contributed by atoms with van der Waals surface area (Å²) in [7, 11) is 0. The van der Waals surface area contributed by atoms with Crippen LogP contribution in [0.5, 0.6) is 5.75 Å². The van der Waals surface area contributed by atoms with Crippen LogP contribution in [0, 0.1) is 0 Å². The van der Waals surface area contributed by atoms with Crippen LogP contribution < -0.4 is 5.32 Å². The van der Waals surface area contributed by atoms with Crippen molar-refractivity contribution in [2.75, 3.05) is 5.32 Å². The van der Waals surface area contributed by atoms with Crippen LogP contribution in [0.4, 0.5) is 5.82 Å². The largest absolute Gasteiger partial charge is 0.507 e. The second-order valence-electron chi connectivity index (χ2n) is 5.85. The number of anilines is 1. The van der Waals surface area contributed by atoms with E-state index in [0.29, 0.717) is 22.9 Å². The molecule has 4 rings (SSSR count). The summed E-state index contributed by atoms with van der Waals surface area (Å²) >= 11 is 0. The minimum absolute atomic E-state index is 0.0859. The van der Waals surface area contributed by atoms with E-state index in [9.17, 15) is 5.11 Å². The first-order valence-electron chi connectivity index (χ1n) is 8.07. The molecule has 2 aromatic heterocycles. The Morgan fingerprint density at radius 1 is 1.00 bits per heavy atom. The molecule has 0 spiro atoms. The first-order chi connectivity index (χ1) is 12.2. The highest BCUT2D eigenvalue weighted by atomic mass is 16.3. The molecule has 25 heavy (non-hydrogen) atoms. The summed E-state index contributed by atoms with van der Waals surface area (Å²) in [5.41, 5.74) is 2.28. The first-order valence-corrected chi connectivity index (χ1v) is 8.07. The Kier molecular flexibility index (Phi) is 3.82. The number of aromatic hydroxyl groups is 1. The fraction of sp³-hybridized carbons (Fsp3) is 0.100. The van der Waals surface area contributed by atoms with Crippen LogP contribution >= 0.6 is 0 Å². The van der Waals surface area contributed by atoms with Crippen molar-refractivity contribution < 1.29 is 9.52 Å². The predicted octanol–water partition coefficient (Wildman–Crippen LogP) is 4.77. The summed E-state index contributed by atoms with van der Waals surface area (Å²) in [5, 5.41) is 14.2. The van der Waals surface area contributed by atoms with Crippen molar-refractivity contribution in [2.24, 2.45) is 0 Å². The molecule has 0 saturated carbocycles. The van der Waals surface area contributed by atoms with Crippen molar-refractivity contribution in [1.29, 1.82) is 0 Å². The van der Waals surface area contributed by atoms with Gasteiger partial charge in [0, 0.05) is 6.04 Å². The summed E-state index contributed by atoms with van der Waals surface area (Å²) in [6.45, 7) is 2.08. The lowest BCUT2D eigenvalue weighted by molar-refractivity contribution is 0.474. The minimum Gasteiger partial charge on any atom is -0.507 e. The molecule has 5 heteroatoms. The number of nitrogens with zero attached hydrogens (tertiary/aromatic N) is 2. The second kappa shape index (κ2) is 6.28. The molecule has 0 bridgehead atoms. The van der Waals surface area contributed by atoms with E-state index in [1.807, 2.05) is 30.3 Å². The van der Waals surface area contributed by atoms with Gasteiger partial charge in [0.1, 0.15) is 23.7 Å². The number of phenols is 1. The maximum absolute atomic E-state index is 10.0. The molecular weight excluding hydrogens is 314 g/mol. The maximum atomic E-state index is 10.0. The molecule has 0 unspecified atom stereocenters. The Morgan fingerprint density at radius 2 is 1.76 bits per heavy atom. The van der Waals surface area contributed by atoms with Crippen LogP contribution in [0.15, 0.2) is 71.4 Å². The lowest BCUT2D eigenvalue weighted by Gasteiger charge is -2.14. The third-order valence-corrected chi connectivity index (χ3v) is 4.15. The molecule has 2 N–H and O–H groups in total. The normalized spacial score (nSPS) is 12.2. The van der Waals surface area contributed by atoms with Crippen molar-refractivity contribution in [1.82, 2.24) is 9.97 Å². The third-order valence-electron chi connectivity index (χ3n) is 4.15. The van der Waals surface area contributed by atoms with Crippen molar-refractivity contribution in [3.8, 4) is 17.1 Å². The average molecular weight is 331 g/mol. The second-order valence-corrected chi connectivity index (χ2v) is 5.85. The molecule has 0 aliphatic carbocycles. The molecule has 5 nitrogen and oxygen atoms in total. The Morgan fingerprint density at radius 3 is 2.56 bits per heavy atom. The van der Waals surface area contributed by atoms with E-state index in [1.54, 1.807) is 18.2 Å². The number of fused-ring (bicyclic) bond motifs is 1. The Bertz CT molecular complexity index is 1010. The van der Waals surface area contributed by atoms with Gasteiger partial charge in [-0.05, 0) is 30.7 Å². The number of benzene rings is 2. The fourth-order valence-corrected chi connectivity index (χ4v) is 2.82. The molecule has 0 aliphatic heterocycles. The zero-order valence-corrected chi connectivity index (χ0v) is 13.7. The maximum Gasteiger partial charge on any atom is 0.231 e. The highest BCUT2D eigenvalue weighted by Gasteiger charge is 2.15. The number of para-hydroxylation sites is 1. The molecule has 1 atom stereocenters. The lowest BCUT2D eigenvalue weighted by Crippen LogP contribution is -2.08. The van der Waals surface area contributed by atoms with Gasteiger partial charge in [-0.15, -0.1) is 0 Å². The number of rotatable bonds is 4. The van der Waals surface area contributed by atoms with E-state index in [4.69, 9.17) is 4.42 Å². The lowest BCUT2D eigenvalue weighted by atomic mass is 10.1. The van der Waals surface area contributed by atoms with Gasteiger partial charge in [0.2, 0.25) is 5.71 Å². The van der Waals surface area contributed by atoms with Crippen LogP contribution in [0.25, 0.3) is 22.4 Å². The van der Waals surface area contributed by atoms with Gasteiger partial charge in [-0.2, -0.15) is 0 Å². The molecule has 0 aliphatic rings. The van der Waals surface area contributed by atoms with Gasteiger partial charge in [-0.1, -0.05) is 42.5 Å². The number of aromatic nitrogens is 2. The van der Waals surface area contributed by atoms with Crippen molar-refractivity contribution >= 4 is 16.9 Å². The summed E-state index contributed by atoms with van der Waals surface area (Å²) in [4.78, 5) is 8.56. The average Bonchev–Trinajstić information content (AvgIpc) is 3.08. The number of phenolic OH excluding ortho intramolecular Hbond substituents is 1. The van der Waals surface area contributed by atoms with E-state index in [1.165, 1.54) is 11.9 Å². The first kappa shape index (κ1) is 15.2. The molecule has 0 saturated heterocycles. The van der Waals surface area contributed by atoms with Gasteiger partial charge in [0.05, 0.1) is 10.9 Å². The van der Waals surface area contributed by atoms with E-state index in [2.05, 4.69) is 34.3 Å². The molecule has 2 heterocycles. The fourth-order valence-electron chi connectivity index (χ4n) is 2.82. The monoisotopic (exact) mass is 331 g/mol. The Hall–Kier alpha value is -3.34. The summed E-state index contributed by atoms with van der Waals surface area (Å²) in [6, 6.07) is 19.2. The molecule has 0 fully saturated rings. The minimum atomic E-state index is 0.0859. The standard InChI is InChI=1S/C20H17N3O2/c1-13(14-7-3-2-4-8-14)23-19-16-11-18(25-20(16)22-12-21-19)15-9-5-6-10-17(15)24/h2-13,24H,1H3,(H,21,22,23)/t13-/m1/s1. The quantitative estimate of drug-likeness (QED) is 0.564. The molecule has 4 aromatic rings. The zero-order valence-electron chi connectivity index (χ0n) is 13.7. The van der Waals surface area contributed by atoms with Crippen LogP contribution in [-0.4, -0.2) is 15.1 Å². The van der Waals surface area contributed by atoms with E-state index in [-0.39, 0.29) is 11.8 Å². The van der Waals surface area contributed by atoms with Gasteiger partial charge in [-0.3, -0.25) is 0 Å². The van der Waals surface area contributed by atoms with Gasteiger partial charge in [0.25, 0.3) is 0 Å². The topological polar surface area (TPSA) is 71.2 Å². The zero-order chi connectivity index (χ0) is 17.2. The Labute approximate surface area is 145 Å². The summed E-state index contributed by atoms with van der Waals surface area (Å²) < 4.78 is 5.81. The van der Waals surface area contributed by atoms with E-state index < -0.39 is 0 Å². The molecular formula is C20H17N3O2. The van der Waals surface area contributed by atoms with Crippen molar-refractivity contribution in [2.45, 2.75) is 13.0 Å². The van der Waals surface area contributed by atoms with E-state index >= 15 is 0 Å². The van der Waals surface area contributed by atoms with Gasteiger partial charge >= 0.3 is 0 Å². The number of hydrogen-bond donors (Lipinski definition) is 2. The molecule has 124 valence electrons. The van der Waals surface area contributed by atoms with Crippen molar-refractivity contribution in [3.63, 3.8) is 0 Å². The van der Waals surface area contributed by atoms with Crippen molar-refractivity contribution in [3.05, 3.63) is 72.6 Å². The van der Waals surface area contributed by atoms with Gasteiger partial charge < -0.3 is 14.8 Å². The highest BCUT2D eigenvalue weighted by Crippen LogP contribution is 2.35. The van der Waals surface area contributed by atoms with Crippen LogP contribution in [0.3, 0.4) is 0 Å². The molecule has 0 radical (unpaired) electrons. The van der Waals surface area contributed by atoms with Gasteiger partial charge in [0.15, 0.2) is 0 Å². The van der Waals surface area contributed by atoms with Crippen LogP contribution in [0.1, 0.15) is 18.5 Å². The third kappa shape index (κ3) is 2.92.